The van der Waals surface area contributed by atoms with Gasteiger partial charge in [0.25, 0.3) is 6.01 Å². The highest BCUT2D eigenvalue weighted by Crippen LogP contribution is 2.26. The van der Waals surface area contributed by atoms with Crippen molar-refractivity contribution >= 4 is 28.1 Å². The van der Waals surface area contributed by atoms with Crippen LogP contribution >= 0.6 is 0 Å². The average molecular weight is 392 g/mol. The Kier molecular flexibility index (Phi) is 4.60. The molecule has 1 aliphatic carbocycles. The van der Waals surface area contributed by atoms with Crippen LogP contribution in [0.3, 0.4) is 0 Å². The molecule has 0 radical (unpaired) electrons. The molecule has 2 aromatic carbocycles. The molecule has 0 spiro atoms. The Bertz CT molecular complexity index is 1150. The van der Waals surface area contributed by atoms with Gasteiger partial charge in [-0.2, -0.15) is 4.98 Å². The molecule has 29 heavy (non-hydrogen) atoms. The van der Waals surface area contributed by atoms with Gasteiger partial charge in [0.15, 0.2) is 5.58 Å². The summed E-state index contributed by atoms with van der Waals surface area (Å²) < 4.78 is 13.3. The van der Waals surface area contributed by atoms with Crippen molar-refractivity contribution in [1.82, 2.24) is 14.5 Å². The first-order valence-electron chi connectivity index (χ1n) is 10.0. The van der Waals surface area contributed by atoms with E-state index in [1.165, 1.54) is 0 Å². The molecule has 0 unspecified atom stereocenters. The minimum atomic E-state index is -0.345. The topological polar surface area (TPSA) is 85.3 Å². The summed E-state index contributed by atoms with van der Waals surface area (Å²) in [6.07, 6.45) is 5.45. The number of fused-ring (bicyclic) bond motifs is 2. The largest absolute Gasteiger partial charge is 0.497 e. The molecule has 1 fully saturated rings. The molecule has 1 saturated carbocycles. The Balaban J connectivity index is 1.37. The van der Waals surface area contributed by atoms with Gasteiger partial charge in [0.05, 0.1) is 36.6 Å². The van der Waals surface area contributed by atoms with Crippen LogP contribution in [-0.2, 0) is 6.54 Å². The molecular formula is C22H24N4O3. The molecule has 0 aliphatic heterocycles. The highest BCUT2D eigenvalue weighted by molar-refractivity contribution is 5.78. The van der Waals surface area contributed by atoms with Gasteiger partial charge in [0.1, 0.15) is 11.3 Å². The third-order valence-electron chi connectivity index (χ3n) is 5.67. The number of imidazole rings is 1. The van der Waals surface area contributed by atoms with Crippen molar-refractivity contribution in [2.45, 2.75) is 44.4 Å². The lowest BCUT2D eigenvalue weighted by molar-refractivity contribution is 0.115. The third kappa shape index (κ3) is 3.53. The van der Waals surface area contributed by atoms with Crippen LogP contribution in [0, 0.1) is 0 Å². The second-order valence-corrected chi connectivity index (χ2v) is 7.65. The molecular weight excluding hydrogens is 368 g/mol. The van der Waals surface area contributed by atoms with Crippen LogP contribution in [0.4, 0.5) is 6.01 Å². The fraction of sp³-hybridized carbons (Fsp3) is 0.364. The van der Waals surface area contributed by atoms with Gasteiger partial charge < -0.3 is 24.1 Å². The summed E-state index contributed by atoms with van der Waals surface area (Å²) in [5, 5.41) is 13.4. The number of ether oxygens (including phenoxy) is 1. The monoisotopic (exact) mass is 392 g/mol. The first-order valence-corrected chi connectivity index (χ1v) is 10.0. The summed E-state index contributed by atoms with van der Waals surface area (Å²) in [6, 6.07) is 12.4. The number of nitrogens with zero attached hydrogens (tertiary/aromatic N) is 3. The maximum absolute atomic E-state index is 10.2. The number of benzene rings is 2. The zero-order chi connectivity index (χ0) is 19.8. The van der Waals surface area contributed by atoms with Gasteiger partial charge in [-0.1, -0.05) is 18.9 Å². The van der Waals surface area contributed by atoms with E-state index in [0.29, 0.717) is 12.6 Å². The van der Waals surface area contributed by atoms with Crippen molar-refractivity contribution in [3.05, 3.63) is 48.3 Å². The zero-order valence-electron chi connectivity index (χ0n) is 16.3. The van der Waals surface area contributed by atoms with Crippen LogP contribution in [0.5, 0.6) is 5.75 Å². The lowest BCUT2D eigenvalue weighted by Gasteiger charge is -2.27. The first kappa shape index (κ1) is 18.0. The molecule has 150 valence electrons. The van der Waals surface area contributed by atoms with Crippen LogP contribution in [0.1, 0.15) is 31.2 Å². The molecule has 2 N–H and O–H groups in total. The van der Waals surface area contributed by atoms with Crippen molar-refractivity contribution in [2.24, 2.45) is 0 Å². The smallest absolute Gasteiger partial charge is 0.295 e. The van der Waals surface area contributed by atoms with E-state index in [0.717, 1.165) is 59.1 Å². The van der Waals surface area contributed by atoms with E-state index in [1.54, 1.807) is 7.11 Å². The van der Waals surface area contributed by atoms with Crippen molar-refractivity contribution in [2.75, 3.05) is 12.4 Å². The highest BCUT2D eigenvalue weighted by Gasteiger charge is 2.24. The summed E-state index contributed by atoms with van der Waals surface area (Å²) in [7, 11) is 1.66. The van der Waals surface area contributed by atoms with E-state index in [4.69, 9.17) is 9.15 Å². The summed E-state index contributed by atoms with van der Waals surface area (Å²) in [5.74, 6) is 0.800. The maximum atomic E-state index is 10.2. The Morgan fingerprint density at radius 3 is 2.93 bits per heavy atom. The number of aliphatic hydroxyl groups is 1. The summed E-state index contributed by atoms with van der Waals surface area (Å²) >= 11 is 0. The summed E-state index contributed by atoms with van der Waals surface area (Å²) in [5.41, 5.74) is 4.61. The van der Waals surface area contributed by atoms with E-state index in [-0.39, 0.29) is 12.1 Å². The molecule has 7 nitrogen and oxygen atoms in total. The molecule has 7 heteroatoms. The van der Waals surface area contributed by atoms with Gasteiger partial charge in [-0.3, -0.25) is 0 Å². The van der Waals surface area contributed by atoms with Gasteiger partial charge >= 0.3 is 0 Å². The van der Waals surface area contributed by atoms with Crippen LogP contribution < -0.4 is 10.1 Å². The zero-order valence-corrected chi connectivity index (χ0v) is 16.3. The van der Waals surface area contributed by atoms with Crippen LogP contribution in [0.15, 0.2) is 47.1 Å². The molecule has 4 aromatic rings. The van der Waals surface area contributed by atoms with Crippen LogP contribution in [-0.4, -0.2) is 38.9 Å². The van der Waals surface area contributed by atoms with E-state index in [9.17, 15) is 5.11 Å². The standard InChI is InChI=1S/C22H24N4O3/c1-28-15-7-9-19-18(11-15)23-13-26(19)12-14-6-8-17-21(10-14)29-22(25-17)24-16-4-2-3-5-20(16)27/h6-11,13,16,20,27H,2-5,12H2,1H3,(H,24,25)/t16-,20-/m1/s1. The fourth-order valence-electron chi connectivity index (χ4n) is 4.06. The first-order chi connectivity index (χ1) is 14.2. The fourth-order valence-corrected chi connectivity index (χ4v) is 4.06. The second kappa shape index (κ2) is 7.40. The number of anilines is 1. The normalized spacial score (nSPS) is 19.7. The Morgan fingerprint density at radius 2 is 2.07 bits per heavy atom. The molecule has 5 rings (SSSR count). The molecule has 0 amide bonds. The van der Waals surface area contributed by atoms with Gasteiger partial charge in [-0.05, 0) is 42.7 Å². The molecule has 0 saturated heterocycles. The number of oxazole rings is 1. The lowest BCUT2D eigenvalue weighted by atomic mass is 9.93. The summed E-state index contributed by atoms with van der Waals surface area (Å²) in [4.78, 5) is 9.00. The second-order valence-electron chi connectivity index (χ2n) is 7.65. The van der Waals surface area contributed by atoms with Gasteiger partial charge in [-0.15, -0.1) is 0 Å². The number of aliphatic hydroxyl groups excluding tert-OH is 1. The number of methoxy groups -OCH3 is 1. The highest BCUT2D eigenvalue weighted by atomic mass is 16.5. The quantitative estimate of drug-likeness (QED) is 0.535. The number of hydrogen-bond acceptors (Lipinski definition) is 6. The van der Waals surface area contributed by atoms with E-state index >= 15 is 0 Å². The van der Waals surface area contributed by atoms with Crippen LogP contribution in [0.25, 0.3) is 22.1 Å². The molecule has 2 aromatic heterocycles. The number of hydrogen-bond donors (Lipinski definition) is 2. The SMILES string of the molecule is COc1ccc2c(c1)ncn2Cc1ccc2nc(N[C@@H]3CCCC[C@H]3O)oc2c1. The molecule has 2 heterocycles. The number of rotatable bonds is 5. The minimum absolute atomic E-state index is 0.00517. The van der Waals surface area contributed by atoms with Gasteiger partial charge in [0.2, 0.25) is 0 Å². The minimum Gasteiger partial charge on any atom is -0.497 e. The Labute approximate surface area is 168 Å². The Morgan fingerprint density at radius 1 is 1.17 bits per heavy atom. The van der Waals surface area contributed by atoms with Crippen molar-refractivity contribution in [3.63, 3.8) is 0 Å². The number of nitrogens with one attached hydrogen (secondary N) is 1. The van der Waals surface area contributed by atoms with E-state index in [1.807, 2.05) is 36.7 Å². The predicted molar refractivity (Wildman–Crippen MR) is 111 cm³/mol. The molecule has 0 bridgehead atoms. The van der Waals surface area contributed by atoms with Gasteiger partial charge in [0, 0.05) is 12.6 Å². The molecule has 1 aliphatic rings. The van der Waals surface area contributed by atoms with Gasteiger partial charge in [-0.25, -0.2) is 4.98 Å². The maximum Gasteiger partial charge on any atom is 0.295 e. The van der Waals surface area contributed by atoms with Crippen molar-refractivity contribution in [1.29, 1.82) is 0 Å². The van der Waals surface area contributed by atoms with Crippen molar-refractivity contribution < 1.29 is 14.3 Å². The summed E-state index contributed by atoms with van der Waals surface area (Å²) in [6.45, 7) is 0.684. The number of aromatic nitrogens is 3. The molecule has 2 atom stereocenters. The predicted octanol–water partition coefficient (Wildman–Crippen LogP) is 3.95. The average Bonchev–Trinajstić information content (AvgIpc) is 3.32. The van der Waals surface area contributed by atoms with E-state index < -0.39 is 0 Å². The van der Waals surface area contributed by atoms with Crippen molar-refractivity contribution in [3.8, 4) is 5.75 Å². The van der Waals surface area contributed by atoms with E-state index in [2.05, 4.69) is 25.9 Å². The lowest BCUT2D eigenvalue weighted by Crippen LogP contribution is -2.36. The van der Waals surface area contributed by atoms with Crippen LogP contribution in [0.2, 0.25) is 0 Å². The third-order valence-corrected chi connectivity index (χ3v) is 5.67. The Hall–Kier alpha value is -3.06.